The van der Waals surface area contributed by atoms with E-state index in [0.717, 1.165) is 22.5 Å². The van der Waals surface area contributed by atoms with E-state index >= 15 is 0 Å². The largest absolute Gasteiger partial charge is 0.386 e. The van der Waals surface area contributed by atoms with E-state index in [2.05, 4.69) is 20.5 Å². The zero-order valence-corrected chi connectivity index (χ0v) is 24.4. The molecular formula is C27H30ClN5O5S2. The lowest BCUT2D eigenvalue weighted by Gasteiger charge is -2.22. The van der Waals surface area contributed by atoms with E-state index in [9.17, 15) is 18.3 Å². The number of sulfonamides is 1. The highest BCUT2D eigenvalue weighted by Gasteiger charge is 2.27. The molecule has 0 aliphatic carbocycles. The molecule has 10 nitrogen and oxygen atoms in total. The summed E-state index contributed by atoms with van der Waals surface area (Å²) in [7, 11) is -3.97. The highest BCUT2D eigenvalue weighted by atomic mass is 35.5. The number of nitrogens with one attached hydrogen (secondary N) is 3. The summed E-state index contributed by atoms with van der Waals surface area (Å²) in [6, 6.07) is 15.7. The predicted octanol–water partition coefficient (Wildman–Crippen LogP) is 3.43. The van der Waals surface area contributed by atoms with Gasteiger partial charge in [0.2, 0.25) is 5.91 Å². The third-order valence-electron chi connectivity index (χ3n) is 6.51. The number of hydrogen-bond acceptors (Lipinski definition) is 8. The van der Waals surface area contributed by atoms with Crippen LogP contribution in [-0.4, -0.2) is 55.0 Å². The number of amides is 1. The van der Waals surface area contributed by atoms with E-state index in [1.54, 1.807) is 30.7 Å². The molecule has 1 amide bonds. The van der Waals surface area contributed by atoms with Crippen LogP contribution in [-0.2, 0) is 38.2 Å². The molecule has 40 heavy (non-hydrogen) atoms. The third-order valence-corrected chi connectivity index (χ3v) is 9.57. The van der Waals surface area contributed by atoms with Gasteiger partial charge < -0.3 is 20.5 Å². The summed E-state index contributed by atoms with van der Waals surface area (Å²) in [5.74, 6) is -0.00543. The number of carbonyl (C=O) groups is 1. The van der Waals surface area contributed by atoms with E-state index in [0.29, 0.717) is 53.7 Å². The van der Waals surface area contributed by atoms with Gasteiger partial charge in [-0.15, -0.1) is 11.3 Å². The molecule has 1 saturated heterocycles. The van der Waals surface area contributed by atoms with Gasteiger partial charge in [0.05, 0.1) is 40.6 Å². The molecule has 2 aromatic heterocycles. The molecule has 0 radical (unpaired) electrons. The second-order valence-corrected chi connectivity index (χ2v) is 13.7. The molecule has 0 spiro atoms. The van der Waals surface area contributed by atoms with Crippen molar-refractivity contribution in [2.45, 2.75) is 42.8 Å². The Labute approximate surface area is 241 Å². The average molecular weight is 604 g/mol. The van der Waals surface area contributed by atoms with Gasteiger partial charge in [-0.1, -0.05) is 48.0 Å². The first-order chi connectivity index (χ1) is 19.0. The lowest BCUT2D eigenvalue weighted by atomic mass is 9.95. The molecule has 0 bridgehead atoms. The molecule has 13 heteroatoms. The van der Waals surface area contributed by atoms with Gasteiger partial charge in [-0.25, -0.2) is 8.42 Å². The fourth-order valence-corrected chi connectivity index (χ4v) is 7.10. The van der Waals surface area contributed by atoms with Gasteiger partial charge in [0.1, 0.15) is 10.3 Å². The number of hydrogen-bond donors (Lipinski definition) is 4. The molecule has 4 aromatic rings. The van der Waals surface area contributed by atoms with E-state index in [4.69, 9.17) is 16.3 Å². The highest BCUT2D eigenvalue weighted by molar-refractivity contribution is 7.94. The van der Waals surface area contributed by atoms with Crippen LogP contribution in [0.3, 0.4) is 0 Å². The van der Waals surface area contributed by atoms with Crippen molar-refractivity contribution in [3.63, 3.8) is 0 Å². The van der Waals surface area contributed by atoms with Crippen LogP contribution >= 0.6 is 22.9 Å². The van der Waals surface area contributed by atoms with Gasteiger partial charge >= 0.3 is 0 Å². The first-order valence-corrected chi connectivity index (χ1v) is 15.4. The minimum atomic E-state index is -3.97. The monoisotopic (exact) mass is 603 g/mol. The number of aliphatic hydroxyl groups is 1. The minimum Gasteiger partial charge on any atom is -0.386 e. The van der Waals surface area contributed by atoms with Crippen molar-refractivity contribution in [2.75, 3.05) is 24.5 Å². The summed E-state index contributed by atoms with van der Waals surface area (Å²) in [4.78, 5) is 12.5. The molecule has 4 N–H and O–H groups in total. The number of ether oxygens (including phenoxy) is 1. The maximum absolute atomic E-state index is 13.2. The van der Waals surface area contributed by atoms with E-state index in [1.165, 1.54) is 12.1 Å². The van der Waals surface area contributed by atoms with E-state index in [1.807, 2.05) is 30.3 Å². The van der Waals surface area contributed by atoms with Gasteiger partial charge in [-0.3, -0.25) is 14.2 Å². The molecule has 0 saturated carbocycles. The van der Waals surface area contributed by atoms with Crippen molar-refractivity contribution >= 4 is 55.6 Å². The smallest absolute Gasteiger partial charge is 0.272 e. The Balaban J connectivity index is 1.44. The highest BCUT2D eigenvalue weighted by Crippen LogP contribution is 2.35. The summed E-state index contributed by atoms with van der Waals surface area (Å²) in [6.45, 7) is 5.54. The Kier molecular flexibility index (Phi) is 8.18. The number of benzene rings is 2. The molecule has 2 aromatic carbocycles. The lowest BCUT2D eigenvalue weighted by Crippen LogP contribution is -2.51. The van der Waals surface area contributed by atoms with Gasteiger partial charge in [-0.05, 0) is 48.7 Å². The quantitative estimate of drug-likeness (QED) is 0.230. The van der Waals surface area contributed by atoms with Crippen LogP contribution in [0, 0.1) is 0 Å². The van der Waals surface area contributed by atoms with Gasteiger partial charge in [0.15, 0.2) is 5.82 Å². The first kappa shape index (κ1) is 28.5. The molecule has 1 aliphatic heterocycles. The van der Waals surface area contributed by atoms with E-state index < -0.39 is 15.6 Å². The maximum Gasteiger partial charge on any atom is 0.272 e. The van der Waals surface area contributed by atoms with Crippen LogP contribution in [0.25, 0.3) is 10.9 Å². The molecular weight excluding hydrogens is 574 g/mol. The standard InChI is InChI=1S/C27H30ClN5O5S2/c1-27(2,35)19-7-4-8-21-24(19)25(32-40(36,37)23-10-9-22(28)39-23)31-33(21)15-18-6-3-5-17(13-18)14-30-26(34)20-16-38-12-11-29-20/h3-10,13,20,29,35H,11-12,14-16H2,1-2H3,(H,30,34)(H,31,32). The molecule has 3 heterocycles. The Morgan fingerprint density at radius 2 is 2.00 bits per heavy atom. The summed E-state index contributed by atoms with van der Waals surface area (Å²) in [5, 5.41) is 22.1. The van der Waals surface area contributed by atoms with Gasteiger partial charge in [-0.2, -0.15) is 5.10 Å². The number of fused-ring (bicyclic) bond motifs is 1. The predicted molar refractivity (Wildman–Crippen MR) is 155 cm³/mol. The van der Waals surface area contributed by atoms with Crippen LogP contribution in [0.15, 0.2) is 58.8 Å². The normalized spacial score (nSPS) is 16.2. The average Bonchev–Trinajstić information content (AvgIpc) is 3.51. The third kappa shape index (κ3) is 6.32. The molecule has 1 atom stereocenters. The van der Waals surface area contributed by atoms with E-state index in [-0.39, 0.29) is 22.0 Å². The zero-order valence-electron chi connectivity index (χ0n) is 22.0. The van der Waals surface area contributed by atoms with Crippen LogP contribution < -0.4 is 15.4 Å². The summed E-state index contributed by atoms with van der Waals surface area (Å²) >= 11 is 6.92. The molecule has 1 fully saturated rings. The minimum absolute atomic E-state index is 0.0608. The van der Waals surface area contributed by atoms with Crippen LogP contribution in [0.1, 0.15) is 30.5 Å². The second kappa shape index (κ2) is 11.5. The number of aromatic nitrogens is 2. The molecule has 1 unspecified atom stereocenters. The van der Waals surface area contributed by atoms with Crippen LogP contribution in [0.5, 0.6) is 0 Å². The van der Waals surface area contributed by atoms with Crippen molar-refractivity contribution in [1.82, 2.24) is 20.4 Å². The SMILES string of the molecule is CC(C)(O)c1cccc2c1c(NS(=O)(=O)c1ccc(Cl)s1)nn2Cc1cccc(CNC(=O)C2COCCN2)c1. The van der Waals surface area contributed by atoms with Gasteiger partial charge in [0.25, 0.3) is 10.0 Å². The van der Waals surface area contributed by atoms with Crippen molar-refractivity contribution < 1.29 is 23.1 Å². The number of halogens is 1. The summed E-state index contributed by atoms with van der Waals surface area (Å²) in [5.41, 5.74) is 1.75. The van der Waals surface area contributed by atoms with Crippen LogP contribution in [0.4, 0.5) is 5.82 Å². The number of rotatable bonds is 9. The summed E-state index contributed by atoms with van der Waals surface area (Å²) < 4.78 is 36.4. The number of morpholine rings is 1. The first-order valence-electron chi connectivity index (χ1n) is 12.7. The maximum atomic E-state index is 13.2. The second-order valence-electron chi connectivity index (χ2n) is 10.0. The summed E-state index contributed by atoms with van der Waals surface area (Å²) in [6.07, 6.45) is 0. The molecule has 212 valence electrons. The van der Waals surface area contributed by atoms with Gasteiger partial charge in [0, 0.05) is 13.1 Å². The van der Waals surface area contributed by atoms with Crippen molar-refractivity contribution in [1.29, 1.82) is 0 Å². The Morgan fingerprint density at radius 1 is 1.23 bits per heavy atom. The fourth-order valence-electron chi connectivity index (χ4n) is 4.61. The number of thiophene rings is 1. The Morgan fingerprint density at radius 3 is 2.70 bits per heavy atom. The van der Waals surface area contributed by atoms with Crippen LogP contribution in [0.2, 0.25) is 4.34 Å². The number of nitrogens with zero attached hydrogens (tertiary/aromatic N) is 2. The van der Waals surface area contributed by atoms with Crippen molar-refractivity contribution in [3.05, 3.63) is 75.6 Å². The number of anilines is 1. The molecule has 1 aliphatic rings. The Hall–Kier alpha value is -3.00. The lowest BCUT2D eigenvalue weighted by molar-refractivity contribution is -0.126. The number of carbonyl (C=O) groups excluding carboxylic acids is 1. The van der Waals surface area contributed by atoms with Crippen molar-refractivity contribution in [3.8, 4) is 0 Å². The fraction of sp³-hybridized carbons (Fsp3) is 0.333. The Bertz CT molecular complexity index is 1640. The molecule has 5 rings (SSSR count). The zero-order chi connectivity index (χ0) is 28.5. The topological polar surface area (TPSA) is 135 Å². The van der Waals surface area contributed by atoms with Crippen molar-refractivity contribution in [2.24, 2.45) is 0 Å².